The van der Waals surface area contributed by atoms with Crippen LogP contribution in [0.4, 0.5) is 15.8 Å². The maximum atomic E-state index is 15.3. The van der Waals surface area contributed by atoms with Gasteiger partial charge in [0.15, 0.2) is 11.6 Å². The van der Waals surface area contributed by atoms with Gasteiger partial charge in [-0.3, -0.25) is 49.1 Å². The zero-order valence-electron chi connectivity index (χ0n) is 42.9. The Labute approximate surface area is 440 Å². The number of H-pyrrole nitrogens is 1. The number of fused-ring (bicyclic) bond motifs is 1. The number of piperazine rings is 1. The van der Waals surface area contributed by atoms with Gasteiger partial charge in [0.25, 0.3) is 17.7 Å². The van der Waals surface area contributed by atoms with E-state index in [1.807, 2.05) is 67.6 Å². The number of amides is 6. The normalized spacial score (nSPS) is 18.1. The molecule has 3 aromatic carbocycles. The molecule has 0 bridgehead atoms. The number of unbranched alkanes of at least 4 members (excludes halogenated alkanes) is 2. The van der Waals surface area contributed by atoms with Gasteiger partial charge < -0.3 is 39.5 Å². The fourth-order valence-corrected chi connectivity index (χ4v) is 9.96. The third-order valence-electron chi connectivity index (χ3n) is 14.4. The van der Waals surface area contributed by atoms with E-state index in [2.05, 4.69) is 43.1 Å². The van der Waals surface area contributed by atoms with Crippen LogP contribution in [0.2, 0.25) is 0 Å². The number of aromatic nitrogens is 4. The van der Waals surface area contributed by atoms with E-state index in [1.54, 1.807) is 22.2 Å². The molecule has 5 aromatic rings. The van der Waals surface area contributed by atoms with Crippen LogP contribution in [-0.4, -0.2) is 156 Å². The molecular weight excluding hydrogens is 978 g/mol. The Morgan fingerprint density at radius 1 is 0.829 bits per heavy atom. The lowest BCUT2D eigenvalue weighted by Crippen LogP contribution is -2.54. The van der Waals surface area contributed by atoms with Gasteiger partial charge in [0.1, 0.15) is 24.2 Å². The van der Waals surface area contributed by atoms with Gasteiger partial charge in [0, 0.05) is 94.7 Å². The number of nitrogens with one attached hydrogen (secondary N) is 4. The number of carbonyl (C=O) groups is 6. The molecular formula is C55H64FN11O9. The number of pyridine rings is 1. The van der Waals surface area contributed by atoms with Gasteiger partial charge in [-0.15, -0.1) is 0 Å². The Morgan fingerprint density at radius 3 is 2.29 bits per heavy atom. The number of halogens is 1. The van der Waals surface area contributed by atoms with Crippen LogP contribution in [0.1, 0.15) is 107 Å². The molecule has 0 aliphatic carbocycles. The van der Waals surface area contributed by atoms with Crippen LogP contribution in [0, 0.1) is 5.82 Å². The van der Waals surface area contributed by atoms with E-state index in [0.717, 1.165) is 84.5 Å². The van der Waals surface area contributed by atoms with Crippen molar-refractivity contribution in [3.05, 3.63) is 119 Å². The summed E-state index contributed by atoms with van der Waals surface area (Å²) >= 11 is 0. The maximum absolute atomic E-state index is 15.3. The molecule has 6 heterocycles. The molecule has 4 N–H and O–H groups in total. The molecule has 76 heavy (non-hydrogen) atoms. The van der Waals surface area contributed by atoms with Crippen molar-refractivity contribution in [2.45, 2.75) is 75.9 Å². The van der Waals surface area contributed by atoms with Crippen molar-refractivity contribution in [3.8, 4) is 17.1 Å². The molecule has 400 valence electrons. The minimum atomic E-state index is -1.14. The highest BCUT2D eigenvalue weighted by atomic mass is 19.1. The average Bonchev–Trinajstić information content (AvgIpc) is 4.03. The van der Waals surface area contributed by atoms with Crippen molar-refractivity contribution in [2.24, 2.45) is 0 Å². The van der Waals surface area contributed by atoms with Gasteiger partial charge >= 0.3 is 0 Å². The minimum Gasteiger partial charge on any atom is -0.494 e. The van der Waals surface area contributed by atoms with Crippen molar-refractivity contribution in [2.75, 3.05) is 89.6 Å². The molecule has 9 rings (SSSR count). The fraction of sp³-hybridized carbons (Fsp3) is 0.436. The first-order valence-corrected chi connectivity index (χ1v) is 26.0. The molecule has 0 saturated carbocycles. The molecule has 20 nitrogen and oxygen atoms in total. The van der Waals surface area contributed by atoms with Gasteiger partial charge in [-0.25, -0.2) is 9.37 Å². The SMILES string of the molecule is C[C@@H](NC(=O)c1cccc(NC2(c3nc(-c4ccncc4)n[nH]3)CCN(C)CC2)c1)c1ccc(OCCCCCOCCCOCC(=O)N2CCN(c3cc4c(cc3F)C(=O)N(C3CCC(=O)NC3=O)C4=O)CC2)cc1. The van der Waals surface area contributed by atoms with Crippen LogP contribution in [0.25, 0.3) is 11.4 Å². The molecule has 4 aliphatic rings. The first-order chi connectivity index (χ1) is 36.9. The lowest BCUT2D eigenvalue weighted by Gasteiger charge is -2.40. The summed E-state index contributed by atoms with van der Waals surface area (Å²) < 4.78 is 32.7. The first-order valence-electron chi connectivity index (χ1n) is 26.0. The van der Waals surface area contributed by atoms with Crippen LogP contribution in [-0.2, 0) is 29.4 Å². The Morgan fingerprint density at radius 2 is 1.54 bits per heavy atom. The number of anilines is 2. The van der Waals surface area contributed by atoms with Crippen LogP contribution >= 0.6 is 0 Å². The van der Waals surface area contributed by atoms with Crippen molar-refractivity contribution < 1.29 is 47.4 Å². The molecule has 3 fully saturated rings. The van der Waals surface area contributed by atoms with Gasteiger partial charge in [-0.2, -0.15) is 5.10 Å². The van der Waals surface area contributed by atoms with Gasteiger partial charge in [0.05, 0.1) is 35.0 Å². The van der Waals surface area contributed by atoms with E-state index in [0.29, 0.717) is 70.4 Å². The van der Waals surface area contributed by atoms with E-state index in [-0.39, 0.29) is 54.1 Å². The zero-order valence-corrected chi connectivity index (χ0v) is 42.9. The average molecular weight is 1040 g/mol. The van der Waals surface area contributed by atoms with E-state index >= 15 is 4.39 Å². The standard InChI is InChI=1S/C55H64FN11O9/c1-36(58-50(70)39-8-6-9-40(32-39)61-55(18-22-64(2)23-19-55)54-60-49(62-63-54)38-16-20-57-21-17-38)37-10-12-41(13-11-37)76-31-5-3-4-28-74-29-7-30-75-35-48(69)66-26-24-65(25-27-66)46-34-43-42(33-44(46)56)52(72)67(53(43)73)45-14-15-47(68)59-51(45)71/h6,8-13,16-17,20-21,32-34,36,45,61H,3-5,7,14-15,18-19,22-31,35H2,1-2H3,(H,58,70)(H,59,68,71)(H,60,62,63)/t36-,45?/m1/s1. The molecule has 6 amide bonds. The third kappa shape index (κ3) is 12.5. The van der Waals surface area contributed by atoms with Crippen molar-refractivity contribution in [1.82, 2.24) is 45.5 Å². The van der Waals surface area contributed by atoms with E-state index in [9.17, 15) is 28.8 Å². The number of hydrogen-bond acceptors (Lipinski definition) is 15. The number of carbonyl (C=O) groups excluding carboxylic acids is 6. The highest BCUT2D eigenvalue weighted by molar-refractivity contribution is 6.23. The zero-order chi connectivity index (χ0) is 53.2. The Kier molecular flexibility index (Phi) is 17.1. The fourth-order valence-electron chi connectivity index (χ4n) is 9.96. The highest BCUT2D eigenvalue weighted by Gasteiger charge is 2.46. The Hall–Kier alpha value is -7.62. The predicted octanol–water partition coefficient (Wildman–Crippen LogP) is 5.25. The summed E-state index contributed by atoms with van der Waals surface area (Å²) in [5, 5.41) is 16.8. The second-order valence-electron chi connectivity index (χ2n) is 19.7. The largest absolute Gasteiger partial charge is 0.494 e. The summed E-state index contributed by atoms with van der Waals surface area (Å²) in [5.74, 6) is -1.62. The van der Waals surface area contributed by atoms with Crippen LogP contribution in [0.15, 0.2) is 85.2 Å². The van der Waals surface area contributed by atoms with Gasteiger partial charge in [0.2, 0.25) is 17.7 Å². The maximum Gasteiger partial charge on any atom is 0.262 e. The number of rotatable bonds is 22. The third-order valence-corrected chi connectivity index (χ3v) is 14.4. The lowest BCUT2D eigenvalue weighted by molar-refractivity contribution is -0.137. The van der Waals surface area contributed by atoms with Crippen molar-refractivity contribution >= 4 is 46.8 Å². The number of aromatic amines is 1. The number of hydrogen-bond donors (Lipinski definition) is 4. The summed E-state index contributed by atoms with van der Waals surface area (Å²) in [4.78, 5) is 92.2. The molecule has 2 atom stereocenters. The van der Waals surface area contributed by atoms with E-state index in [1.165, 1.54) is 6.07 Å². The summed E-state index contributed by atoms with van der Waals surface area (Å²) in [5.41, 5.74) is 2.72. The highest BCUT2D eigenvalue weighted by Crippen LogP contribution is 2.36. The molecule has 0 radical (unpaired) electrons. The Bertz CT molecular complexity index is 2890. The Balaban J connectivity index is 0.619. The lowest BCUT2D eigenvalue weighted by atomic mass is 9.86. The number of benzene rings is 3. The van der Waals surface area contributed by atoms with Crippen molar-refractivity contribution in [1.29, 1.82) is 0 Å². The quantitative estimate of drug-likeness (QED) is 0.0512. The van der Waals surface area contributed by atoms with E-state index < -0.39 is 41.0 Å². The molecule has 21 heteroatoms. The predicted molar refractivity (Wildman–Crippen MR) is 278 cm³/mol. The smallest absolute Gasteiger partial charge is 0.262 e. The second-order valence-corrected chi connectivity index (χ2v) is 19.7. The summed E-state index contributed by atoms with van der Waals surface area (Å²) in [6.45, 7) is 6.88. The molecule has 0 spiro atoms. The molecule has 2 aromatic heterocycles. The number of nitrogens with zero attached hydrogens (tertiary/aromatic N) is 7. The number of piperidine rings is 2. The summed E-state index contributed by atoms with van der Waals surface area (Å²) in [6.07, 6.45) is 8.36. The van der Waals surface area contributed by atoms with E-state index in [4.69, 9.17) is 19.2 Å². The van der Waals surface area contributed by atoms with Crippen LogP contribution in [0.3, 0.4) is 0 Å². The summed E-state index contributed by atoms with van der Waals surface area (Å²) in [7, 11) is 2.11. The molecule has 3 saturated heterocycles. The number of likely N-dealkylation sites (tertiary alicyclic amines) is 1. The van der Waals surface area contributed by atoms with Gasteiger partial charge in [-0.05, 0) is 119 Å². The van der Waals surface area contributed by atoms with Gasteiger partial charge in [-0.1, -0.05) is 18.2 Å². The van der Waals surface area contributed by atoms with Crippen LogP contribution in [0.5, 0.6) is 5.75 Å². The number of ether oxygens (including phenoxy) is 3. The molecule has 4 aliphatic heterocycles. The minimum absolute atomic E-state index is 0.00446. The van der Waals surface area contributed by atoms with Crippen molar-refractivity contribution in [3.63, 3.8) is 0 Å². The molecule has 1 unspecified atom stereocenters. The number of imide groups is 2. The first kappa shape index (κ1) is 53.2. The topological polar surface area (TPSA) is 234 Å². The summed E-state index contributed by atoms with van der Waals surface area (Å²) in [6, 6.07) is 20.1. The van der Waals surface area contributed by atoms with Crippen LogP contribution < -0.4 is 25.6 Å². The second kappa shape index (κ2) is 24.4. The monoisotopic (exact) mass is 1040 g/mol.